The van der Waals surface area contributed by atoms with Gasteiger partial charge in [-0.15, -0.1) is 0 Å². The van der Waals surface area contributed by atoms with Crippen molar-refractivity contribution >= 4 is 11.9 Å². The van der Waals surface area contributed by atoms with Gasteiger partial charge in [0.25, 0.3) is 5.91 Å². The van der Waals surface area contributed by atoms with Crippen molar-refractivity contribution in [3.63, 3.8) is 0 Å². The standard InChI is InChI=1S/C18H22N2O3/c19-10-3-1-2-5-14-7-8-15-6-4-11-20(12-9-17(21)22)18(23)16(15)13-14/h7-8,13H,1,3-4,6,9-12,19H2,(H,21,22). The van der Waals surface area contributed by atoms with Crippen molar-refractivity contribution in [1.82, 2.24) is 4.90 Å². The number of aryl methyl sites for hydroxylation is 1. The number of carboxylic acid groups (broad SMARTS) is 1. The molecule has 0 aromatic heterocycles. The SMILES string of the molecule is NCCCC#Cc1ccc2c(c1)C(=O)N(CCC(=O)O)CCC2. The maximum Gasteiger partial charge on any atom is 0.305 e. The van der Waals surface area contributed by atoms with Crippen molar-refractivity contribution < 1.29 is 14.7 Å². The topological polar surface area (TPSA) is 83.6 Å². The molecule has 1 aliphatic heterocycles. The maximum atomic E-state index is 12.6. The van der Waals surface area contributed by atoms with Crippen LogP contribution in [-0.4, -0.2) is 41.5 Å². The van der Waals surface area contributed by atoms with Gasteiger partial charge in [0, 0.05) is 30.6 Å². The Bertz CT molecular complexity index is 643. The molecule has 1 aromatic carbocycles. The van der Waals surface area contributed by atoms with Gasteiger partial charge in [0.05, 0.1) is 6.42 Å². The van der Waals surface area contributed by atoms with E-state index in [1.54, 1.807) is 4.90 Å². The second-order valence-corrected chi connectivity index (χ2v) is 5.61. The van der Waals surface area contributed by atoms with E-state index in [4.69, 9.17) is 10.8 Å². The van der Waals surface area contributed by atoms with Crippen LogP contribution in [0.5, 0.6) is 0 Å². The number of rotatable bonds is 5. The van der Waals surface area contributed by atoms with E-state index >= 15 is 0 Å². The van der Waals surface area contributed by atoms with E-state index in [1.165, 1.54) is 0 Å². The molecule has 3 N–H and O–H groups in total. The minimum Gasteiger partial charge on any atom is -0.481 e. The van der Waals surface area contributed by atoms with Gasteiger partial charge in [0.2, 0.25) is 0 Å². The zero-order valence-electron chi connectivity index (χ0n) is 13.2. The number of benzene rings is 1. The molecule has 0 saturated carbocycles. The first-order valence-electron chi connectivity index (χ1n) is 7.94. The molecule has 1 heterocycles. The van der Waals surface area contributed by atoms with Gasteiger partial charge in [-0.05, 0) is 43.5 Å². The minimum absolute atomic E-state index is 0.0281. The van der Waals surface area contributed by atoms with Crippen molar-refractivity contribution in [2.45, 2.75) is 32.1 Å². The summed E-state index contributed by atoms with van der Waals surface area (Å²) < 4.78 is 0. The van der Waals surface area contributed by atoms with Crippen LogP contribution in [0.3, 0.4) is 0 Å². The van der Waals surface area contributed by atoms with E-state index in [0.717, 1.165) is 36.8 Å². The van der Waals surface area contributed by atoms with E-state index in [-0.39, 0.29) is 18.9 Å². The fourth-order valence-corrected chi connectivity index (χ4v) is 2.60. The third kappa shape index (κ3) is 4.83. The van der Waals surface area contributed by atoms with Gasteiger partial charge in [-0.1, -0.05) is 17.9 Å². The van der Waals surface area contributed by atoms with Crippen LogP contribution in [0.4, 0.5) is 0 Å². The summed E-state index contributed by atoms with van der Waals surface area (Å²) in [4.78, 5) is 25.0. The van der Waals surface area contributed by atoms with Gasteiger partial charge >= 0.3 is 5.97 Å². The molecule has 5 heteroatoms. The highest BCUT2D eigenvalue weighted by atomic mass is 16.4. The Balaban J connectivity index is 2.18. The molecule has 0 unspecified atom stereocenters. The first-order chi connectivity index (χ1) is 11.1. The molecule has 5 nitrogen and oxygen atoms in total. The summed E-state index contributed by atoms with van der Waals surface area (Å²) in [5.41, 5.74) is 7.92. The average molecular weight is 314 g/mol. The molecular formula is C18H22N2O3. The summed E-state index contributed by atoms with van der Waals surface area (Å²) >= 11 is 0. The highest BCUT2D eigenvalue weighted by Crippen LogP contribution is 2.20. The van der Waals surface area contributed by atoms with Crippen molar-refractivity contribution in [3.05, 3.63) is 34.9 Å². The van der Waals surface area contributed by atoms with Crippen molar-refractivity contribution in [3.8, 4) is 11.8 Å². The molecule has 2 rings (SSSR count). The van der Waals surface area contributed by atoms with Crippen molar-refractivity contribution in [2.75, 3.05) is 19.6 Å². The number of nitrogens with zero attached hydrogens (tertiary/aromatic N) is 1. The third-order valence-electron chi connectivity index (χ3n) is 3.84. The van der Waals surface area contributed by atoms with Crippen LogP contribution in [0.1, 0.15) is 47.2 Å². The van der Waals surface area contributed by atoms with Gasteiger partial charge in [-0.25, -0.2) is 0 Å². The molecule has 0 bridgehead atoms. The predicted molar refractivity (Wildman–Crippen MR) is 88.1 cm³/mol. The lowest BCUT2D eigenvalue weighted by molar-refractivity contribution is -0.137. The van der Waals surface area contributed by atoms with Crippen LogP contribution in [0.25, 0.3) is 0 Å². The molecule has 0 spiro atoms. The number of nitrogens with two attached hydrogens (primary N) is 1. The van der Waals surface area contributed by atoms with Crippen LogP contribution in [0.2, 0.25) is 0 Å². The largest absolute Gasteiger partial charge is 0.481 e. The zero-order valence-corrected chi connectivity index (χ0v) is 13.2. The lowest BCUT2D eigenvalue weighted by atomic mass is 10.0. The fraction of sp³-hybridized carbons (Fsp3) is 0.444. The summed E-state index contributed by atoms with van der Waals surface area (Å²) in [6.45, 7) is 1.47. The number of carboxylic acids is 1. The summed E-state index contributed by atoms with van der Waals surface area (Å²) in [5, 5.41) is 8.82. The normalized spacial score (nSPS) is 13.8. The van der Waals surface area contributed by atoms with Crippen LogP contribution in [-0.2, 0) is 11.2 Å². The quantitative estimate of drug-likeness (QED) is 0.639. The Morgan fingerprint density at radius 2 is 2.22 bits per heavy atom. The Morgan fingerprint density at radius 1 is 1.39 bits per heavy atom. The summed E-state index contributed by atoms with van der Waals surface area (Å²) in [6.07, 6.45) is 3.25. The Labute approximate surface area is 136 Å². The number of carbonyl (C=O) groups is 2. The molecule has 0 fully saturated rings. The van der Waals surface area contributed by atoms with Crippen molar-refractivity contribution in [1.29, 1.82) is 0 Å². The van der Waals surface area contributed by atoms with E-state index in [0.29, 0.717) is 18.7 Å². The second kappa shape index (κ2) is 8.35. The van der Waals surface area contributed by atoms with Gasteiger partial charge in [0.15, 0.2) is 0 Å². The van der Waals surface area contributed by atoms with E-state index < -0.39 is 5.97 Å². The minimum atomic E-state index is -0.887. The summed E-state index contributed by atoms with van der Waals surface area (Å²) in [6, 6.07) is 5.72. The maximum absolute atomic E-state index is 12.6. The molecule has 1 amide bonds. The molecule has 0 aliphatic carbocycles. The Morgan fingerprint density at radius 3 is 2.96 bits per heavy atom. The fourth-order valence-electron chi connectivity index (χ4n) is 2.60. The number of aliphatic carboxylic acids is 1. The zero-order chi connectivity index (χ0) is 16.7. The third-order valence-corrected chi connectivity index (χ3v) is 3.84. The average Bonchev–Trinajstić information content (AvgIpc) is 2.69. The lowest BCUT2D eigenvalue weighted by Crippen LogP contribution is -2.33. The molecule has 23 heavy (non-hydrogen) atoms. The molecule has 1 aromatic rings. The van der Waals surface area contributed by atoms with Crippen LogP contribution < -0.4 is 5.73 Å². The van der Waals surface area contributed by atoms with E-state index in [2.05, 4.69) is 11.8 Å². The molecule has 0 atom stereocenters. The van der Waals surface area contributed by atoms with Gasteiger partial charge in [-0.2, -0.15) is 0 Å². The van der Waals surface area contributed by atoms with Gasteiger partial charge in [-0.3, -0.25) is 9.59 Å². The summed E-state index contributed by atoms with van der Waals surface area (Å²) in [7, 11) is 0. The first-order valence-corrected chi connectivity index (χ1v) is 7.94. The van der Waals surface area contributed by atoms with Crippen molar-refractivity contribution in [2.24, 2.45) is 5.73 Å². The van der Waals surface area contributed by atoms with Gasteiger partial charge < -0.3 is 15.7 Å². The van der Waals surface area contributed by atoms with Crippen LogP contribution in [0.15, 0.2) is 18.2 Å². The number of fused-ring (bicyclic) bond motifs is 1. The van der Waals surface area contributed by atoms with Crippen LogP contribution >= 0.6 is 0 Å². The highest BCUT2D eigenvalue weighted by molar-refractivity contribution is 5.96. The number of carbonyl (C=O) groups excluding carboxylic acids is 1. The van der Waals surface area contributed by atoms with Crippen LogP contribution in [0, 0.1) is 11.8 Å². The molecule has 0 saturated heterocycles. The number of hydrogen-bond donors (Lipinski definition) is 2. The second-order valence-electron chi connectivity index (χ2n) is 5.61. The number of unbranched alkanes of at least 4 members (excludes halogenated alkanes) is 1. The van der Waals surface area contributed by atoms with E-state index in [9.17, 15) is 9.59 Å². The Hall–Kier alpha value is -2.32. The van der Waals surface area contributed by atoms with E-state index in [1.807, 2.05) is 18.2 Å². The number of hydrogen-bond acceptors (Lipinski definition) is 3. The summed E-state index contributed by atoms with van der Waals surface area (Å²) in [5.74, 6) is 5.14. The molecule has 0 radical (unpaired) electrons. The van der Waals surface area contributed by atoms with Gasteiger partial charge in [0.1, 0.15) is 0 Å². The smallest absolute Gasteiger partial charge is 0.305 e. The monoisotopic (exact) mass is 314 g/mol. The molecular weight excluding hydrogens is 292 g/mol. The first kappa shape index (κ1) is 17.0. The Kier molecular flexibility index (Phi) is 6.19. The lowest BCUT2D eigenvalue weighted by Gasteiger charge is -2.20. The number of amides is 1. The highest BCUT2D eigenvalue weighted by Gasteiger charge is 2.22. The molecule has 1 aliphatic rings. The molecule has 122 valence electrons. The predicted octanol–water partition coefficient (Wildman–Crippen LogP) is 1.64.